The number of primary amides is 1. The average molecular weight is 510 g/mol. The van der Waals surface area contributed by atoms with E-state index in [-0.39, 0.29) is 31.2 Å². The lowest BCUT2D eigenvalue weighted by molar-refractivity contribution is -0.143. The first-order valence-electron chi connectivity index (χ1n) is 10.5. The first-order valence-corrected chi connectivity index (χ1v) is 10.5. The maximum atomic E-state index is 13.1. The predicted molar refractivity (Wildman–Crippen MR) is 118 cm³/mol. The number of carbonyl (C=O) groups excluding carboxylic acids is 2. The Balaban J connectivity index is 1.77. The summed E-state index contributed by atoms with van der Waals surface area (Å²) in [6.07, 6.45) is -10.4. The summed E-state index contributed by atoms with van der Waals surface area (Å²) in [5.41, 5.74) is 2.52. The van der Waals surface area contributed by atoms with E-state index in [4.69, 9.17) is 10.5 Å². The smallest absolute Gasteiger partial charge is 0.416 e. The summed E-state index contributed by atoms with van der Waals surface area (Å²) < 4.78 is 84.3. The van der Waals surface area contributed by atoms with Crippen LogP contribution in [0.1, 0.15) is 32.6 Å². The van der Waals surface area contributed by atoms with Crippen molar-refractivity contribution in [1.29, 1.82) is 0 Å². The molecular formula is C25H20F6N2O3. The first kappa shape index (κ1) is 26.6. The van der Waals surface area contributed by atoms with Gasteiger partial charge in [-0.1, -0.05) is 42.5 Å². The van der Waals surface area contributed by atoms with Crippen molar-refractivity contribution in [3.05, 3.63) is 101 Å². The molecule has 0 aliphatic heterocycles. The molecule has 190 valence electrons. The Kier molecular flexibility index (Phi) is 7.91. The lowest BCUT2D eigenvalue weighted by Crippen LogP contribution is -2.46. The molecule has 0 aliphatic carbocycles. The number of rotatable bonds is 8. The monoisotopic (exact) mass is 510 g/mol. The second-order valence-corrected chi connectivity index (χ2v) is 7.85. The Morgan fingerprint density at radius 2 is 1.39 bits per heavy atom. The van der Waals surface area contributed by atoms with Crippen molar-refractivity contribution >= 4 is 11.8 Å². The van der Waals surface area contributed by atoms with Crippen molar-refractivity contribution in [1.82, 2.24) is 5.32 Å². The number of nitrogens with one attached hydrogen (secondary N) is 1. The summed E-state index contributed by atoms with van der Waals surface area (Å²) in [7, 11) is 0. The van der Waals surface area contributed by atoms with Crippen LogP contribution in [0.4, 0.5) is 26.3 Å². The van der Waals surface area contributed by atoms with Crippen molar-refractivity contribution in [2.24, 2.45) is 5.73 Å². The van der Waals surface area contributed by atoms with Crippen molar-refractivity contribution in [2.75, 3.05) is 0 Å². The van der Waals surface area contributed by atoms with Gasteiger partial charge in [0.25, 0.3) is 5.91 Å². The van der Waals surface area contributed by atoms with Gasteiger partial charge in [0.1, 0.15) is 18.4 Å². The van der Waals surface area contributed by atoms with E-state index in [1.54, 1.807) is 24.3 Å². The molecule has 3 aromatic carbocycles. The van der Waals surface area contributed by atoms with Gasteiger partial charge in [0.2, 0.25) is 5.91 Å². The molecular weight excluding hydrogens is 490 g/mol. The molecule has 0 aliphatic rings. The van der Waals surface area contributed by atoms with E-state index in [1.165, 1.54) is 0 Å². The van der Waals surface area contributed by atoms with Crippen molar-refractivity contribution < 1.29 is 40.7 Å². The van der Waals surface area contributed by atoms with E-state index in [0.717, 1.165) is 5.56 Å². The van der Waals surface area contributed by atoms with Crippen LogP contribution in [-0.2, 0) is 30.2 Å². The lowest BCUT2D eigenvalue weighted by atomic mass is 10.0. The van der Waals surface area contributed by atoms with Gasteiger partial charge in [-0.25, -0.2) is 0 Å². The number of halogens is 6. The van der Waals surface area contributed by atoms with E-state index in [0.29, 0.717) is 11.3 Å². The molecule has 36 heavy (non-hydrogen) atoms. The Morgan fingerprint density at radius 1 is 0.806 bits per heavy atom. The molecule has 5 nitrogen and oxygen atoms in total. The van der Waals surface area contributed by atoms with Gasteiger partial charge >= 0.3 is 12.4 Å². The molecule has 0 saturated carbocycles. The van der Waals surface area contributed by atoms with Gasteiger partial charge in [0.15, 0.2) is 0 Å². The molecule has 1 atom stereocenters. The fourth-order valence-corrected chi connectivity index (χ4v) is 3.29. The van der Waals surface area contributed by atoms with Crippen LogP contribution in [0.5, 0.6) is 5.75 Å². The minimum Gasteiger partial charge on any atom is -0.489 e. The highest BCUT2D eigenvalue weighted by atomic mass is 19.4. The summed E-state index contributed by atoms with van der Waals surface area (Å²) >= 11 is 0. The van der Waals surface area contributed by atoms with Crippen LogP contribution >= 0.6 is 0 Å². The second-order valence-electron chi connectivity index (χ2n) is 7.85. The SMILES string of the molecule is NC(=O)[C@@H](Cc1cccc(OCc2ccccc2)c1)NC(=O)c1cc(C(F)(F)F)cc(C(F)(F)F)c1. The third kappa shape index (κ3) is 7.24. The Hall–Kier alpha value is -4.02. The number of carbonyl (C=O) groups is 2. The Labute approximate surface area is 201 Å². The zero-order valence-electron chi connectivity index (χ0n) is 18.5. The minimum atomic E-state index is -5.13. The summed E-state index contributed by atoms with van der Waals surface area (Å²) in [5, 5.41) is 2.13. The normalized spacial score (nSPS) is 12.6. The first-order chi connectivity index (χ1) is 16.8. The third-order valence-electron chi connectivity index (χ3n) is 5.09. The van der Waals surface area contributed by atoms with Gasteiger partial charge < -0.3 is 15.8 Å². The molecule has 11 heteroatoms. The van der Waals surface area contributed by atoms with Gasteiger partial charge in [-0.05, 0) is 41.5 Å². The van der Waals surface area contributed by atoms with Crippen LogP contribution in [-0.4, -0.2) is 17.9 Å². The molecule has 2 amide bonds. The number of ether oxygens (including phenoxy) is 1. The second kappa shape index (κ2) is 10.7. The van der Waals surface area contributed by atoms with E-state index in [2.05, 4.69) is 5.32 Å². The maximum absolute atomic E-state index is 13.1. The van der Waals surface area contributed by atoms with Gasteiger partial charge in [-0.15, -0.1) is 0 Å². The summed E-state index contributed by atoms with van der Waals surface area (Å²) in [6, 6.07) is 14.8. The third-order valence-corrected chi connectivity index (χ3v) is 5.09. The molecule has 3 N–H and O–H groups in total. The molecule has 3 rings (SSSR count). The van der Waals surface area contributed by atoms with Gasteiger partial charge in [-0.2, -0.15) is 26.3 Å². The fraction of sp³-hybridized carbons (Fsp3) is 0.200. The van der Waals surface area contributed by atoms with Crippen LogP contribution in [0.3, 0.4) is 0 Å². The van der Waals surface area contributed by atoms with Crippen LogP contribution in [0.15, 0.2) is 72.8 Å². The number of benzene rings is 3. The average Bonchev–Trinajstić information content (AvgIpc) is 2.81. The van der Waals surface area contributed by atoms with Gasteiger partial charge in [0.05, 0.1) is 11.1 Å². The van der Waals surface area contributed by atoms with E-state index >= 15 is 0 Å². The molecule has 0 bridgehead atoms. The highest BCUT2D eigenvalue weighted by Crippen LogP contribution is 2.36. The number of hydrogen-bond donors (Lipinski definition) is 2. The van der Waals surface area contributed by atoms with Crippen LogP contribution < -0.4 is 15.8 Å². The van der Waals surface area contributed by atoms with Crippen molar-refractivity contribution in [3.63, 3.8) is 0 Å². The summed E-state index contributed by atoms with van der Waals surface area (Å²) in [4.78, 5) is 24.5. The minimum absolute atomic E-state index is 0.0940. The number of alkyl halides is 6. The number of nitrogens with two attached hydrogens (primary N) is 1. The lowest BCUT2D eigenvalue weighted by Gasteiger charge is -2.18. The quantitative estimate of drug-likeness (QED) is 0.413. The highest BCUT2D eigenvalue weighted by molar-refractivity contribution is 5.97. The Bertz CT molecular complexity index is 1190. The zero-order chi connectivity index (χ0) is 26.5. The summed E-state index contributed by atoms with van der Waals surface area (Å²) in [6.45, 7) is 0.261. The van der Waals surface area contributed by atoms with Gasteiger partial charge in [0, 0.05) is 12.0 Å². The predicted octanol–water partition coefficient (Wildman–Crippen LogP) is 5.13. The van der Waals surface area contributed by atoms with Gasteiger partial charge in [-0.3, -0.25) is 9.59 Å². The topological polar surface area (TPSA) is 81.4 Å². The Morgan fingerprint density at radius 3 is 1.94 bits per heavy atom. The van der Waals surface area contributed by atoms with E-state index < -0.39 is 46.9 Å². The molecule has 0 spiro atoms. The number of hydrogen-bond acceptors (Lipinski definition) is 3. The van der Waals surface area contributed by atoms with Crippen LogP contribution in [0, 0.1) is 0 Å². The molecule has 0 saturated heterocycles. The standard InChI is InChI=1S/C25H20F6N2O3/c26-24(27,28)18-11-17(12-19(13-18)25(29,30)31)23(35)33-21(22(32)34)10-16-7-4-8-20(9-16)36-14-15-5-2-1-3-6-15/h1-9,11-13,21H,10,14H2,(H2,32,34)(H,33,35)/t21-/m1/s1. The van der Waals surface area contributed by atoms with Crippen LogP contribution in [0.2, 0.25) is 0 Å². The molecule has 0 heterocycles. The molecule has 3 aromatic rings. The maximum Gasteiger partial charge on any atom is 0.416 e. The van der Waals surface area contributed by atoms with Crippen molar-refractivity contribution in [2.45, 2.75) is 31.4 Å². The molecule has 0 aromatic heterocycles. The zero-order valence-corrected chi connectivity index (χ0v) is 18.5. The fourth-order valence-electron chi connectivity index (χ4n) is 3.29. The van der Waals surface area contributed by atoms with E-state index in [1.807, 2.05) is 30.3 Å². The summed E-state index contributed by atoms with van der Waals surface area (Å²) in [5.74, 6) is -1.90. The highest BCUT2D eigenvalue weighted by Gasteiger charge is 2.37. The van der Waals surface area contributed by atoms with E-state index in [9.17, 15) is 35.9 Å². The van der Waals surface area contributed by atoms with Crippen molar-refractivity contribution in [3.8, 4) is 5.75 Å². The molecule has 0 fully saturated rings. The molecule has 0 unspecified atom stereocenters. The molecule has 0 radical (unpaired) electrons. The van der Waals surface area contributed by atoms with Crippen LogP contribution in [0.25, 0.3) is 0 Å². The largest absolute Gasteiger partial charge is 0.489 e. The number of amides is 2.